The van der Waals surface area contributed by atoms with Crippen LogP contribution < -0.4 is 0 Å². The zero-order valence-corrected chi connectivity index (χ0v) is 15.1. The summed E-state index contributed by atoms with van der Waals surface area (Å²) in [7, 11) is 0. The van der Waals surface area contributed by atoms with E-state index in [0.717, 1.165) is 24.3 Å². The van der Waals surface area contributed by atoms with Crippen molar-refractivity contribution < 1.29 is 0 Å². The average molecular weight is 384 g/mol. The Balaban J connectivity index is 1.98. The van der Waals surface area contributed by atoms with E-state index in [1.54, 1.807) is 11.3 Å². The molecule has 2 heterocycles. The fourth-order valence-corrected chi connectivity index (χ4v) is 4.14. The van der Waals surface area contributed by atoms with Crippen molar-refractivity contribution in [2.75, 3.05) is 0 Å². The van der Waals surface area contributed by atoms with Crippen molar-refractivity contribution in [2.45, 2.75) is 32.2 Å². The fourth-order valence-electron chi connectivity index (χ4n) is 2.50. The SMILES string of the molecule is Cc1ccc2nc(C(C)Cl)n(CCc3ccc(Br)s3)c2c1. The lowest BCUT2D eigenvalue weighted by Crippen LogP contribution is -2.06. The molecular formula is C16H16BrClN2S. The minimum atomic E-state index is -0.0900. The van der Waals surface area contributed by atoms with Crippen LogP contribution in [-0.4, -0.2) is 9.55 Å². The van der Waals surface area contributed by atoms with E-state index in [0.29, 0.717) is 0 Å². The first-order chi connectivity index (χ1) is 10.0. The number of halogens is 2. The van der Waals surface area contributed by atoms with Crippen LogP contribution in [0.2, 0.25) is 0 Å². The van der Waals surface area contributed by atoms with Crippen molar-refractivity contribution in [1.82, 2.24) is 9.55 Å². The summed E-state index contributed by atoms with van der Waals surface area (Å²) in [6.07, 6.45) is 0.992. The van der Waals surface area contributed by atoms with E-state index in [4.69, 9.17) is 16.6 Å². The number of thiophene rings is 1. The van der Waals surface area contributed by atoms with Crippen molar-refractivity contribution in [3.05, 3.63) is 50.4 Å². The fraction of sp³-hybridized carbons (Fsp3) is 0.312. The Bertz CT molecular complexity index is 776. The molecule has 0 aliphatic carbocycles. The van der Waals surface area contributed by atoms with Crippen LogP contribution in [0.1, 0.15) is 28.6 Å². The second kappa shape index (κ2) is 6.11. The summed E-state index contributed by atoms with van der Waals surface area (Å²) < 4.78 is 3.43. The number of alkyl halides is 1. The van der Waals surface area contributed by atoms with Crippen LogP contribution >= 0.6 is 38.9 Å². The van der Waals surface area contributed by atoms with E-state index in [2.05, 4.69) is 57.8 Å². The molecule has 0 radical (unpaired) electrons. The summed E-state index contributed by atoms with van der Waals surface area (Å²) in [6.45, 7) is 4.99. The number of benzene rings is 1. The van der Waals surface area contributed by atoms with Crippen LogP contribution in [0.15, 0.2) is 34.1 Å². The minimum Gasteiger partial charge on any atom is -0.326 e. The third kappa shape index (κ3) is 3.17. The van der Waals surface area contributed by atoms with E-state index in [9.17, 15) is 0 Å². The molecular weight excluding hydrogens is 368 g/mol. The molecule has 0 aliphatic heterocycles. The smallest absolute Gasteiger partial charge is 0.127 e. The van der Waals surface area contributed by atoms with Crippen molar-refractivity contribution >= 4 is 49.9 Å². The molecule has 0 bridgehead atoms. The lowest BCUT2D eigenvalue weighted by Gasteiger charge is -2.10. The number of aromatic nitrogens is 2. The molecule has 110 valence electrons. The summed E-state index contributed by atoms with van der Waals surface area (Å²) in [5.74, 6) is 0.952. The Morgan fingerprint density at radius 3 is 2.81 bits per heavy atom. The Kier molecular flexibility index (Phi) is 4.38. The third-order valence-corrected chi connectivity index (χ3v) is 5.38. The quantitative estimate of drug-likeness (QED) is 0.527. The standard InChI is InChI=1S/C16H16BrClN2S/c1-10-3-5-13-14(9-10)20(16(19-13)11(2)18)8-7-12-4-6-15(17)21-12/h3-6,9,11H,7-8H2,1-2H3. The van der Waals surface area contributed by atoms with E-state index in [-0.39, 0.29) is 5.38 Å². The Morgan fingerprint density at radius 2 is 2.14 bits per heavy atom. The molecule has 0 saturated carbocycles. The molecule has 0 spiro atoms. The number of aryl methyl sites for hydroxylation is 3. The minimum absolute atomic E-state index is 0.0900. The molecule has 2 nitrogen and oxygen atoms in total. The van der Waals surface area contributed by atoms with Crippen molar-refractivity contribution in [2.24, 2.45) is 0 Å². The first-order valence-corrected chi connectivity index (χ1v) is 8.94. The zero-order chi connectivity index (χ0) is 15.0. The second-order valence-corrected chi connectivity index (χ2v) is 8.39. The lowest BCUT2D eigenvalue weighted by molar-refractivity contribution is 0.672. The van der Waals surface area contributed by atoms with Gasteiger partial charge in [-0.25, -0.2) is 4.98 Å². The third-order valence-electron chi connectivity index (χ3n) is 3.50. The summed E-state index contributed by atoms with van der Waals surface area (Å²) in [4.78, 5) is 6.06. The van der Waals surface area contributed by atoms with Crippen LogP contribution in [-0.2, 0) is 13.0 Å². The number of imidazole rings is 1. The van der Waals surface area contributed by atoms with E-state index < -0.39 is 0 Å². The maximum absolute atomic E-state index is 6.32. The topological polar surface area (TPSA) is 17.8 Å². The van der Waals surface area contributed by atoms with Crippen molar-refractivity contribution in [1.29, 1.82) is 0 Å². The molecule has 1 aromatic carbocycles. The van der Waals surface area contributed by atoms with Gasteiger partial charge in [0.1, 0.15) is 5.82 Å². The van der Waals surface area contributed by atoms with Gasteiger partial charge >= 0.3 is 0 Å². The molecule has 1 unspecified atom stereocenters. The van der Waals surface area contributed by atoms with Gasteiger partial charge in [-0.1, -0.05) is 6.07 Å². The number of fused-ring (bicyclic) bond motifs is 1. The highest BCUT2D eigenvalue weighted by atomic mass is 79.9. The summed E-state index contributed by atoms with van der Waals surface area (Å²) in [5, 5.41) is -0.0900. The number of nitrogens with zero attached hydrogens (tertiary/aromatic N) is 2. The second-order valence-electron chi connectivity index (χ2n) is 5.19. The van der Waals surface area contributed by atoms with Crippen LogP contribution in [0.5, 0.6) is 0 Å². The summed E-state index contributed by atoms with van der Waals surface area (Å²) in [5.41, 5.74) is 3.44. The highest BCUT2D eigenvalue weighted by molar-refractivity contribution is 9.11. The van der Waals surface area contributed by atoms with Crippen LogP contribution in [0.3, 0.4) is 0 Å². The molecule has 5 heteroatoms. The zero-order valence-electron chi connectivity index (χ0n) is 11.9. The monoisotopic (exact) mass is 382 g/mol. The Morgan fingerprint density at radius 1 is 1.33 bits per heavy atom. The molecule has 2 aromatic heterocycles. The number of rotatable bonds is 4. The molecule has 3 aromatic rings. The van der Waals surface area contributed by atoms with Gasteiger partial charge in [-0.05, 0) is 66.0 Å². The van der Waals surface area contributed by atoms with Gasteiger partial charge in [0.15, 0.2) is 0 Å². The number of hydrogen-bond acceptors (Lipinski definition) is 2. The highest BCUT2D eigenvalue weighted by Gasteiger charge is 2.15. The molecule has 0 N–H and O–H groups in total. The van der Waals surface area contributed by atoms with E-state index >= 15 is 0 Å². The molecule has 1 atom stereocenters. The van der Waals surface area contributed by atoms with Gasteiger partial charge in [0.2, 0.25) is 0 Å². The maximum atomic E-state index is 6.32. The van der Waals surface area contributed by atoms with Gasteiger partial charge in [-0.2, -0.15) is 0 Å². The van der Waals surface area contributed by atoms with E-state index in [1.165, 1.54) is 19.7 Å². The van der Waals surface area contributed by atoms with Crippen LogP contribution in [0.4, 0.5) is 0 Å². The molecule has 3 rings (SSSR count). The maximum Gasteiger partial charge on any atom is 0.127 e. The van der Waals surface area contributed by atoms with Gasteiger partial charge in [0.05, 0.1) is 20.2 Å². The Labute approximate surface area is 141 Å². The molecule has 0 saturated heterocycles. The van der Waals surface area contributed by atoms with Crippen molar-refractivity contribution in [3.63, 3.8) is 0 Å². The molecule has 0 fully saturated rings. The van der Waals surface area contributed by atoms with E-state index in [1.807, 2.05) is 6.92 Å². The van der Waals surface area contributed by atoms with Crippen LogP contribution in [0, 0.1) is 6.92 Å². The van der Waals surface area contributed by atoms with Crippen LogP contribution in [0.25, 0.3) is 11.0 Å². The Hall–Kier alpha value is -0.840. The number of hydrogen-bond donors (Lipinski definition) is 0. The first-order valence-electron chi connectivity index (χ1n) is 6.89. The van der Waals surface area contributed by atoms with Gasteiger partial charge in [0, 0.05) is 11.4 Å². The summed E-state index contributed by atoms with van der Waals surface area (Å²) in [6, 6.07) is 10.6. The largest absolute Gasteiger partial charge is 0.326 e. The van der Waals surface area contributed by atoms with Gasteiger partial charge < -0.3 is 4.57 Å². The van der Waals surface area contributed by atoms with Gasteiger partial charge in [-0.3, -0.25) is 0 Å². The van der Waals surface area contributed by atoms with Gasteiger partial charge in [0.25, 0.3) is 0 Å². The molecule has 0 amide bonds. The molecule has 0 aliphatic rings. The van der Waals surface area contributed by atoms with Gasteiger partial charge in [-0.15, -0.1) is 22.9 Å². The molecule has 21 heavy (non-hydrogen) atoms. The first kappa shape index (κ1) is 15.1. The highest BCUT2D eigenvalue weighted by Crippen LogP contribution is 2.27. The van der Waals surface area contributed by atoms with Crippen molar-refractivity contribution in [3.8, 4) is 0 Å². The lowest BCUT2D eigenvalue weighted by atomic mass is 10.2. The predicted octanol–water partition coefficient (Wildman–Crippen LogP) is 5.71. The normalized spacial score (nSPS) is 13.0. The summed E-state index contributed by atoms with van der Waals surface area (Å²) >= 11 is 11.6. The predicted molar refractivity (Wildman–Crippen MR) is 94.5 cm³/mol. The average Bonchev–Trinajstić information content (AvgIpc) is 3.00.